The van der Waals surface area contributed by atoms with Gasteiger partial charge in [-0.25, -0.2) is 0 Å². The van der Waals surface area contributed by atoms with Crippen LogP contribution in [-0.2, 0) is 4.74 Å². The molecule has 0 amide bonds. The van der Waals surface area contributed by atoms with Gasteiger partial charge in [0.2, 0.25) is 0 Å². The highest BCUT2D eigenvalue weighted by Crippen LogP contribution is 2.59. The normalized spacial score (nSPS) is 37.9. The van der Waals surface area contributed by atoms with Crippen LogP contribution < -0.4 is 0 Å². The summed E-state index contributed by atoms with van der Waals surface area (Å²) in [6.45, 7) is 12.3. The molecule has 0 aromatic rings. The number of aliphatic hydroxyl groups is 1. The smallest absolute Gasteiger partial charge is 0.0900 e. The van der Waals surface area contributed by atoms with Gasteiger partial charge >= 0.3 is 0 Å². The number of rotatable bonds is 6. The molecule has 0 aromatic carbocycles. The molecule has 3 nitrogen and oxygen atoms in total. The van der Waals surface area contributed by atoms with E-state index in [4.69, 9.17) is 4.74 Å². The molecule has 5 atom stereocenters. The number of hydrogen-bond donors (Lipinski definition) is 1. The maximum Gasteiger partial charge on any atom is 0.0900 e. The van der Waals surface area contributed by atoms with Crippen molar-refractivity contribution >= 4 is 11.8 Å². The molecule has 5 unspecified atom stereocenters. The highest BCUT2D eigenvalue weighted by molar-refractivity contribution is 8.00. The standard InChI is InChI=1S/C19H33NO2S/c1-13-14(2)23-8-7-20(13)10-17(21)12-22-11-15-5-6-16-9-18(15)19(16,3)4/h5,13-14,16-18,21H,6-12H2,1-4H3. The number of fused-ring (bicyclic) bond motifs is 1. The number of nitrogens with zero attached hydrogens (tertiary/aromatic N) is 1. The number of aliphatic hydroxyl groups excluding tert-OH is 1. The van der Waals surface area contributed by atoms with Crippen molar-refractivity contribution in [1.82, 2.24) is 4.90 Å². The predicted molar refractivity (Wildman–Crippen MR) is 97.9 cm³/mol. The fraction of sp³-hybridized carbons (Fsp3) is 0.895. The van der Waals surface area contributed by atoms with Crippen LogP contribution in [0.3, 0.4) is 0 Å². The first-order valence-corrected chi connectivity index (χ1v) is 10.2. The summed E-state index contributed by atoms with van der Waals surface area (Å²) >= 11 is 2.04. The molecule has 2 bridgehead atoms. The topological polar surface area (TPSA) is 32.7 Å². The molecule has 3 aliphatic carbocycles. The monoisotopic (exact) mass is 339 g/mol. The van der Waals surface area contributed by atoms with Crippen molar-refractivity contribution in [2.45, 2.75) is 57.9 Å². The van der Waals surface area contributed by atoms with Crippen LogP contribution in [0.1, 0.15) is 40.5 Å². The molecular weight excluding hydrogens is 306 g/mol. The summed E-state index contributed by atoms with van der Waals surface area (Å²) in [7, 11) is 0. The average molecular weight is 340 g/mol. The third kappa shape index (κ3) is 3.65. The van der Waals surface area contributed by atoms with Crippen molar-refractivity contribution in [2.75, 3.05) is 32.1 Å². The van der Waals surface area contributed by atoms with Crippen molar-refractivity contribution in [3.8, 4) is 0 Å². The van der Waals surface area contributed by atoms with Crippen LogP contribution in [0, 0.1) is 17.3 Å². The molecule has 4 rings (SSSR count). The zero-order chi connectivity index (χ0) is 16.6. The molecule has 2 fully saturated rings. The van der Waals surface area contributed by atoms with Gasteiger partial charge in [0, 0.05) is 30.1 Å². The molecule has 132 valence electrons. The van der Waals surface area contributed by atoms with Gasteiger partial charge < -0.3 is 9.84 Å². The number of thioether (sulfide) groups is 1. The van der Waals surface area contributed by atoms with E-state index in [2.05, 4.69) is 38.7 Å². The Balaban J connectivity index is 1.40. The molecule has 0 aromatic heterocycles. The Labute approximate surface area is 145 Å². The highest BCUT2D eigenvalue weighted by Gasteiger charge is 2.50. The lowest BCUT2D eigenvalue weighted by Crippen LogP contribution is -2.49. The molecule has 0 radical (unpaired) electrons. The quantitative estimate of drug-likeness (QED) is 0.754. The second-order valence-corrected chi connectivity index (χ2v) is 9.79. The van der Waals surface area contributed by atoms with Crippen molar-refractivity contribution in [3.05, 3.63) is 11.6 Å². The van der Waals surface area contributed by atoms with Crippen LogP contribution in [0.4, 0.5) is 0 Å². The van der Waals surface area contributed by atoms with Gasteiger partial charge in [-0.1, -0.05) is 26.8 Å². The van der Waals surface area contributed by atoms with Crippen LogP contribution >= 0.6 is 11.8 Å². The summed E-state index contributed by atoms with van der Waals surface area (Å²) in [5, 5.41) is 11.0. The minimum absolute atomic E-state index is 0.376. The van der Waals surface area contributed by atoms with E-state index in [0.29, 0.717) is 35.8 Å². The highest BCUT2D eigenvalue weighted by atomic mass is 32.2. The third-order valence-corrected chi connectivity index (χ3v) is 7.96. The Morgan fingerprint density at radius 3 is 2.91 bits per heavy atom. The predicted octanol–water partition coefficient (Wildman–Crippen LogP) is 3.18. The van der Waals surface area contributed by atoms with Crippen LogP contribution in [0.25, 0.3) is 0 Å². The second kappa shape index (κ2) is 7.07. The Morgan fingerprint density at radius 2 is 2.22 bits per heavy atom. The van der Waals surface area contributed by atoms with Gasteiger partial charge in [-0.2, -0.15) is 11.8 Å². The number of hydrogen-bond acceptors (Lipinski definition) is 4. The number of ether oxygens (including phenoxy) is 1. The Bertz CT molecular complexity index is 451. The first-order chi connectivity index (χ1) is 10.9. The Kier molecular flexibility index (Phi) is 5.46. The maximum absolute atomic E-state index is 10.3. The average Bonchev–Trinajstić information content (AvgIpc) is 2.52. The molecule has 1 heterocycles. The fourth-order valence-corrected chi connectivity index (χ4v) is 5.69. The number of β-amino-alcohol motifs (C(OH)–C–C–N with tert-alkyl or cyclic N) is 1. The molecule has 1 N–H and O–H groups in total. The van der Waals surface area contributed by atoms with Gasteiger partial charge in [0.1, 0.15) is 0 Å². The van der Waals surface area contributed by atoms with Gasteiger partial charge in [0.15, 0.2) is 0 Å². The minimum atomic E-state index is -0.376. The molecule has 4 aliphatic rings. The van der Waals surface area contributed by atoms with Gasteiger partial charge in [0.25, 0.3) is 0 Å². The van der Waals surface area contributed by atoms with E-state index < -0.39 is 0 Å². The van der Waals surface area contributed by atoms with E-state index in [1.807, 2.05) is 11.8 Å². The maximum atomic E-state index is 10.3. The van der Waals surface area contributed by atoms with E-state index in [1.165, 1.54) is 24.2 Å². The lowest BCUT2D eigenvalue weighted by Gasteiger charge is -2.56. The van der Waals surface area contributed by atoms with Crippen LogP contribution in [0.2, 0.25) is 0 Å². The Hall–Kier alpha value is -0.0300. The molecule has 4 heteroatoms. The third-order valence-electron chi connectivity index (χ3n) is 6.62. The molecule has 23 heavy (non-hydrogen) atoms. The minimum Gasteiger partial charge on any atom is -0.389 e. The summed E-state index contributed by atoms with van der Waals surface area (Å²) < 4.78 is 5.88. The van der Waals surface area contributed by atoms with Crippen molar-refractivity contribution in [2.24, 2.45) is 17.3 Å². The van der Waals surface area contributed by atoms with Crippen molar-refractivity contribution < 1.29 is 9.84 Å². The van der Waals surface area contributed by atoms with Crippen molar-refractivity contribution in [1.29, 1.82) is 0 Å². The van der Waals surface area contributed by atoms with Gasteiger partial charge in [-0.05, 0) is 42.6 Å². The number of allylic oxidation sites excluding steroid dienone is 1. The summed E-state index contributed by atoms with van der Waals surface area (Å²) in [6.07, 6.45) is 4.57. The van der Waals surface area contributed by atoms with Gasteiger partial charge in [-0.3, -0.25) is 4.90 Å². The van der Waals surface area contributed by atoms with E-state index >= 15 is 0 Å². The lowest BCUT2D eigenvalue weighted by atomic mass is 9.49. The zero-order valence-electron chi connectivity index (χ0n) is 15.1. The summed E-state index contributed by atoms with van der Waals surface area (Å²) in [5.74, 6) is 2.75. The van der Waals surface area contributed by atoms with Gasteiger partial charge in [-0.15, -0.1) is 0 Å². The van der Waals surface area contributed by atoms with E-state index in [-0.39, 0.29) is 6.10 Å². The second-order valence-electron chi connectivity index (χ2n) is 8.30. The molecule has 1 aliphatic heterocycles. The zero-order valence-corrected chi connectivity index (χ0v) is 15.9. The first-order valence-electron chi connectivity index (χ1n) is 9.20. The van der Waals surface area contributed by atoms with E-state index in [0.717, 1.165) is 19.0 Å². The molecule has 0 spiro atoms. The SMILES string of the molecule is CC1SCCN(CC(O)COCC2=CCC3CC2C3(C)C)C1C. The summed E-state index contributed by atoms with van der Waals surface area (Å²) in [5.41, 5.74) is 1.93. The summed E-state index contributed by atoms with van der Waals surface area (Å²) in [6, 6.07) is 0.539. The fourth-order valence-electron chi connectivity index (χ4n) is 4.53. The molecular formula is C19H33NO2S. The van der Waals surface area contributed by atoms with E-state index in [9.17, 15) is 5.11 Å². The van der Waals surface area contributed by atoms with Crippen molar-refractivity contribution in [3.63, 3.8) is 0 Å². The molecule has 1 saturated carbocycles. The van der Waals surface area contributed by atoms with Crippen LogP contribution in [0.5, 0.6) is 0 Å². The summed E-state index contributed by atoms with van der Waals surface area (Å²) in [4.78, 5) is 2.41. The Morgan fingerprint density at radius 1 is 1.43 bits per heavy atom. The van der Waals surface area contributed by atoms with Gasteiger partial charge in [0.05, 0.1) is 19.3 Å². The van der Waals surface area contributed by atoms with Crippen LogP contribution in [0.15, 0.2) is 11.6 Å². The lowest BCUT2D eigenvalue weighted by molar-refractivity contribution is -0.0271. The van der Waals surface area contributed by atoms with Crippen LogP contribution in [-0.4, -0.2) is 59.5 Å². The molecule has 1 saturated heterocycles. The van der Waals surface area contributed by atoms with E-state index in [1.54, 1.807) is 0 Å². The first kappa shape index (κ1) is 17.8. The largest absolute Gasteiger partial charge is 0.389 e.